The van der Waals surface area contributed by atoms with Crippen molar-refractivity contribution in [1.82, 2.24) is 5.32 Å². The van der Waals surface area contributed by atoms with Crippen molar-refractivity contribution in [2.24, 2.45) is 0 Å². The minimum Gasteiger partial charge on any atom is -0.543 e. The molecule has 54 heavy (non-hydrogen) atoms. The quantitative estimate of drug-likeness (QED) is 0.0424. The smallest absolute Gasteiger partial charge is 0.453 e. The molecule has 300 valence electrons. The van der Waals surface area contributed by atoms with Crippen LogP contribution in [0.5, 0.6) is 11.5 Å². The van der Waals surface area contributed by atoms with E-state index in [0.29, 0.717) is 29.0 Å². The molecular formula is C44H62F5NO2SSi. The van der Waals surface area contributed by atoms with Crippen molar-refractivity contribution in [2.45, 2.75) is 122 Å². The van der Waals surface area contributed by atoms with Crippen molar-refractivity contribution in [2.75, 3.05) is 31.2 Å². The number of alkyl halides is 5. The third-order valence-corrected chi connectivity index (χ3v) is 17.4. The molecule has 1 N–H and O–H groups in total. The van der Waals surface area contributed by atoms with Crippen molar-refractivity contribution in [3.8, 4) is 11.5 Å². The van der Waals surface area contributed by atoms with Crippen LogP contribution in [0.4, 0.5) is 22.0 Å². The van der Waals surface area contributed by atoms with Gasteiger partial charge in [-0.25, -0.2) is 0 Å². The second-order valence-electron chi connectivity index (χ2n) is 15.0. The molecule has 3 aromatic rings. The maximum Gasteiger partial charge on any atom is 0.453 e. The van der Waals surface area contributed by atoms with E-state index in [4.69, 9.17) is 9.16 Å². The van der Waals surface area contributed by atoms with E-state index in [1.807, 2.05) is 12.1 Å². The number of hydrogen-bond acceptors (Lipinski definition) is 4. The van der Waals surface area contributed by atoms with Gasteiger partial charge in [0.25, 0.3) is 8.32 Å². The molecule has 10 heteroatoms. The maximum absolute atomic E-state index is 13.0. The first kappa shape index (κ1) is 45.6. The van der Waals surface area contributed by atoms with Gasteiger partial charge in [-0.15, -0.1) is 0 Å². The molecule has 3 rings (SSSR count). The fourth-order valence-corrected chi connectivity index (χ4v) is 13.7. The number of unbranched alkanes of at least 4 members (excludes halogenated alkanes) is 3. The molecule has 0 spiro atoms. The van der Waals surface area contributed by atoms with Gasteiger partial charge in [-0.1, -0.05) is 116 Å². The van der Waals surface area contributed by atoms with Crippen molar-refractivity contribution in [3.05, 3.63) is 95.6 Å². The lowest BCUT2D eigenvalue weighted by Crippen LogP contribution is -2.50. The van der Waals surface area contributed by atoms with E-state index >= 15 is 0 Å². The zero-order valence-corrected chi connectivity index (χ0v) is 35.2. The fourth-order valence-electron chi connectivity index (χ4n) is 7.46. The number of hydrogen-bond donors (Lipinski definition) is 1. The van der Waals surface area contributed by atoms with Gasteiger partial charge in [0.05, 0.1) is 0 Å². The van der Waals surface area contributed by atoms with Crippen molar-refractivity contribution in [1.29, 1.82) is 0 Å². The first-order valence-electron chi connectivity index (χ1n) is 19.7. The predicted molar refractivity (Wildman–Crippen MR) is 222 cm³/mol. The molecule has 0 aromatic heterocycles. The van der Waals surface area contributed by atoms with Crippen LogP contribution in [0.15, 0.2) is 78.9 Å². The van der Waals surface area contributed by atoms with Crippen LogP contribution < -0.4 is 14.5 Å². The van der Waals surface area contributed by atoms with Crippen LogP contribution >= 0.6 is 11.8 Å². The fraction of sp³-hybridized carbons (Fsp3) is 0.545. The highest BCUT2D eigenvalue weighted by molar-refractivity contribution is 7.99. The average Bonchev–Trinajstić information content (AvgIpc) is 3.13. The molecule has 3 nitrogen and oxygen atoms in total. The summed E-state index contributed by atoms with van der Waals surface area (Å²) in [5.41, 5.74) is 7.46. The Morgan fingerprint density at radius 2 is 1.19 bits per heavy atom. The molecule has 0 unspecified atom stereocenters. The normalized spacial score (nSPS) is 13.2. The first-order valence-corrected chi connectivity index (χ1v) is 23.0. The van der Waals surface area contributed by atoms with E-state index in [-0.39, 0.29) is 6.42 Å². The molecule has 0 aliphatic heterocycles. The lowest BCUT2D eigenvalue weighted by Gasteiger charge is -2.42. The summed E-state index contributed by atoms with van der Waals surface area (Å²) >= 11 is 1.44. The summed E-state index contributed by atoms with van der Waals surface area (Å²) in [5, 5.41) is 3.42. The highest BCUT2D eigenvalue weighted by atomic mass is 32.2. The molecule has 0 bridgehead atoms. The number of allylic oxidation sites excluding steroid dienone is 1. The second-order valence-corrected chi connectivity index (χ2v) is 21.6. The highest BCUT2D eigenvalue weighted by Gasteiger charge is 2.56. The second kappa shape index (κ2) is 22.1. The summed E-state index contributed by atoms with van der Waals surface area (Å²) in [6, 6.07) is 27.7. The summed E-state index contributed by atoms with van der Waals surface area (Å²) in [4.78, 5) is 0. The monoisotopic (exact) mass is 791 g/mol. The molecule has 0 aliphatic rings. The zero-order valence-electron chi connectivity index (χ0n) is 33.3. The van der Waals surface area contributed by atoms with Crippen LogP contribution in [0.2, 0.25) is 16.6 Å². The SMILES string of the molecule is CC/C(=C(\c1ccc(OCCNCCCCCCSCCCC(F)(F)C(F)(F)F)cc1)c1ccc(O[Si](C(C)C)(C(C)C)C(C)C)cc1)c1ccccc1. The highest BCUT2D eigenvalue weighted by Crippen LogP contribution is 2.44. The third kappa shape index (κ3) is 13.1. The van der Waals surface area contributed by atoms with Gasteiger partial charge < -0.3 is 14.5 Å². The Balaban J connectivity index is 1.52. The van der Waals surface area contributed by atoms with Crippen molar-refractivity contribution >= 4 is 31.2 Å². The van der Waals surface area contributed by atoms with E-state index in [2.05, 4.69) is 121 Å². The Morgan fingerprint density at radius 3 is 1.72 bits per heavy atom. The molecule has 0 amide bonds. The van der Waals surface area contributed by atoms with Gasteiger partial charge in [0.2, 0.25) is 0 Å². The van der Waals surface area contributed by atoms with Crippen molar-refractivity contribution < 1.29 is 31.1 Å². The predicted octanol–water partition coefficient (Wildman–Crippen LogP) is 13.8. The van der Waals surface area contributed by atoms with Gasteiger partial charge in [-0.3, -0.25) is 0 Å². The maximum atomic E-state index is 13.0. The Bertz CT molecular complexity index is 1510. The van der Waals surface area contributed by atoms with E-state index in [0.717, 1.165) is 73.6 Å². The average molecular weight is 792 g/mol. The summed E-state index contributed by atoms with van der Waals surface area (Å²) < 4.78 is 75.7. The van der Waals surface area contributed by atoms with Crippen LogP contribution in [0, 0.1) is 0 Å². The van der Waals surface area contributed by atoms with E-state index < -0.39 is 26.8 Å². The molecule has 0 aliphatic carbocycles. The Labute approximate surface area is 327 Å². The first-order chi connectivity index (χ1) is 25.6. The lowest BCUT2D eigenvalue weighted by atomic mass is 9.88. The Kier molecular flexibility index (Phi) is 18.6. The van der Waals surface area contributed by atoms with Crippen LogP contribution in [0.3, 0.4) is 0 Å². The number of rotatable bonds is 24. The summed E-state index contributed by atoms with van der Waals surface area (Å²) in [7, 11) is -2.07. The lowest BCUT2D eigenvalue weighted by molar-refractivity contribution is -0.284. The number of nitrogens with one attached hydrogen (secondary N) is 1. The molecule has 0 saturated heterocycles. The van der Waals surface area contributed by atoms with Crippen LogP contribution in [-0.4, -0.2) is 51.6 Å². The zero-order chi connectivity index (χ0) is 39.8. The molecule has 0 saturated carbocycles. The molecule has 3 aromatic carbocycles. The van der Waals surface area contributed by atoms with Gasteiger partial charge in [0.15, 0.2) is 0 Å². The van der Waals surface area contributed by atoms with Gasteiger partial charge in [-0.05, 0) is 112 Å². The number of thioether (sulfide) groups is 1. The van der Waals surface area contributed by atoms with Crippen LogP contribution in [0.1, 0.15) is 110 Å². The molecule has 0 radical (unpaired) electrons. The van der Waals surface area contributed by atoms with Gasteiger partial charge in [0, 0.05) is 13.0 Å². The minimum absolute atomic E-state index is 0.137. The van der Waals surface area contributed by atoms with Crippen molar-refractivity contribution in [3.63, 3.8) is 0 Å². The summed E-state index contributed by atoms with van der Waals surface area (Å²) in [6.07, 6.45) is -1.88. The number of benzene rings is 3. The Morgan fingerprint density at radius 1 is 0.648 bits per heavy atom. The summed E-state index contributed by atoms with van der Waals surface area (Å²) in [5.74, 6) is -1.73. The largest absolute Gasteiger partial charge is 0.543 e. The molecule has 0 fully saturated rings. The van der Waals surface area contributed by atoms with E-state index in [1.165, 1.54) is 28.5 Å². The van der Waals surface area contributed by atoms with Gasteiger partial charge in [-0.2, -0.15) is 33.7 Å². The summed E-state index contributed by atoms with van der Waals surface area (Å²) in [6.45, 7) is 18.2. The molecule has 0 heterocycles. The van der Waals surface area contributed by atoms with E-state index in [9.17, 15) is 22.0 Å². The molecular weight excluding hydrogens is 730 g/mol. The van der Waals surface area contributed by atoms with Crippen LogP contribution in [0.25, 0.3) is 11.1 Å². The number of ether oxygens (including phenoxy) is 1. The minimum atomic E-state index is -5.46. The van der Waals surface area contributed by atoms with E-state index in [1.54, 1.807) is 0 Å². The number of halogens is 5. The Hall–Kier alpha value is -2.82. The molecule has 0 atom stereocenters. The third-order valence-electron chi connectivity index (χ3n) is 10.2. The topological polar surface area (TPSA) is 30.5 Å². The standard InChI is InChI=1S/C44H62F5NO2SSi/c1-8-41(36-17-12-11-13-18-36)42(38-21-25-40(26-22-38)52-54(33(2)3,34(4)5)35(6)7)37-19-23-39(24-20-37)51-30-29-50-28-14-9-10-15-31-53-32-16-27-43(45,46)44(47,48)49/h11-13,17-26,33-35,50H,8-10,14-16,27-32H2,1-7H3/b42-41-. The van der Waals surface area contributed by atoms with Crippen LogP contribution in [-0.2, 0) is 0 Å². The van der Waals surface area contributed by atoms with Gasteiger partial charge >= 0.3 is 12.1 Å². The van der Waals surface area contributed by atoms with Gasteiger partial charge in [0.1, 0.15) is 18.1 Å².